The van der Waals surface area contributed by atoms with Gasteiger partial charge in [0, 0.05) is 18.8 Å². The SMILES string of the molecule is Cc1cc(C)n(C[C@H](C)CNC(=O)c2ccoc2C)n1. The van der Waals surface area contributed by atoms with Gasteiger partial charge in [0.2, 0.25) is 0 Å². The van der Waals surface area contributed by atoms with Crippen molar-refractivity contribution in [2.75, 3.05) is 6.54 Å². The number of hydrogen-bond donors (Lipinski definition) is 1. The third-order valence-electron chi connectivity index (χ3n) is 3.30. The molecular weight excluding hydrogens is 254 g/mol. The van der Waals surface area contributed by atoms with Crippen LogP contribution in [0.2, 0.25) is 0 Å². The average Bonchev–Trinajstić information content (AvgIpc) is 2.93. The molecule has 0 aliphatic rings. The zero-order valence-electron chi connectivity index (χ0n) is 12.4. The minimum atomic E-state index is -0.0866. The molecule has 1 N–H and O–H groups in total. The molecule has 2 heterocycles. The van der Waals surface area contributed by atoms with Crippen molar-refractivity contribution in [1.82, 2.24) is 15.1 Å². The summed E-state index contributed by atoms with van der Waals surface area (Å²) in [5.74, 6) is 0.870. The second kappa shape index (κ2) is 5.94. The van der Waals surface area contributed by atoms with E-state index in [0.29, 0.717) is 23.8 Å². The Bertz CT molecular complexity index is 598. The van der Waals surface area contributed by atoms with Crippen LogP contribution in [0.3, 0.4) is 0 Å². The summed E-state index contributed by atoms with van der Waals surface area (Å²) in [5, 5.41) is 7.36. The molecule has 0 unspecified atom stereocenters. The van der Waals surface area contributed by atoms with Crippen molar-refractivity contribution in [2.24, 2.45) is 5.92 Å². The van der Waals surface area contributed by atoms with Crippen LogP contribution in [0.15, 0.2) is 22.8 Å². The van der Waals surface area contributed by atoms with Crippen molar-refractivity contribution in [3.63, 3.8) is 0 Å². The van der Waals surface area contributed by atoms with E-state index in [9.17, 15) is 4.79 Å². The van der Waals surface area contributed by atoms with Crippen LogP contribution in [0, 0.1) is 26.7 Å². The molecule has 1 atom stereocenters. The summed E-state index contributed by atoms with van der Waals surface area (Å²) in [6.45, 7) is 9.32. The Hall–Kier alpha value is -2.04. The van der Waals surface area contributed by atoms with Crippen LogP contribution < -0.4 is 5.32 Å². The van der Waals surface area contributed by atoms with E-state index in [1.54, 1.807) is 13.0 Å². The van der Waals surface area contributed by atoms with Gasteiger partial charge in [-0.15, -0.1) is 0 Å². The number of nitrogens with zero attached hydrogens (tertiary/aromatic N) is 2. The van der Waals surface area contributed by atoms with Crippen molar-refractivity contribution < 1.29 is 9.21 Å². The quantitative estimate of drug-likeness (QED) is 0.912. The van der Waals surface area contributed by atoms with Gasteiger partial charge < -0.3 is 9.73 Å². The molecule has 5 nitrogen and oxygen atoms in total. The summed E-state index contributed by atoms with van der Waals surface area (Å²) >= 11 is 0. The van der Waals surface area contributed by atoms with Gasteiger partial charge >= 0.3 is 0 Å². The minimum absolute atomic E-state index is 0.0866. The Kier molecular flexibility index (Phi) is 4.27. The average molecular weight is 275 g/mol. The molecule has 0 aromatic carbocycles. The molecule has 0 radical (unpaired) electrons. The number of hydrogen-bond acceptors (Lipinski definition) is 3. The molecule has 5 heteroatoms. The number of carbonyl (C=O) groups excluding carboxylic acids is 1. The van der Waals surface area contributed by atoms with Crippen LogP contribution in [-0.4, -0.2) is 22.2 Å². The van der Waals surface area contributed by atoms with Gasteiger partial charge in [0.1, 0.15) is 5.76 Å². The van der Waals surface area contributed by atoms with Gasteiger partial charge in [-0.3, -0.25) is 9.48 Å². The molecule has 0 bridgehead atoms. The monoisotopic (exact) mass is 275 g/mol. The van der Waals surface area contributed by atoms with Crippen LogP contribution in [0.1, 0.15) is 34.4 Å². The van der Waals surface area contributed by atoms with Gasteiger partial charge in [0.25, 0.3) is 5.91 Å². The highest BCUT2D eigenvalue weighted by Gasteiger charge is 2.13. The normalized spacial score (nSPS) is 12.4. The molecular formula is C15H21N3O2. The van der Waals surface area contributed by atoms with E-state index in [1.807, 2.05) is 18.5 Å². The first-order chi connectivity index (χ1) is 9.47. The standard InChI is InChI=1S/C15H21N3O2/c1-10(9-18-12(3)7-11(2)17-18)8-16-15(19)14-5-6-20-13(14)4/h5-7,10H,8-9H2,1-4H3,(H,16,19)/t10-/m1/s1. The lowest BCUT2D eigenvalue weighted by atomic mass is 10.1. The topological polar surface area (TPSA) is 60.1 Å². The molecule has 0 saturated carbocycles. The highest BCUT2D eigenvalue weighted by Crippen LogP contribution is 2.09. The second-order valence-corrected chi connectivity index (χ2v) is 5.31. The summed E-state index contributed by atoms with van der Waals surface area (Å²) in [4.78, 5) is 12.0. The third-order valence-corrected chi connectivity index (χ3v) is 3.30. The fourth-order valence-corrected chi connectivity index (χ4v) is 2.20. The maximum Gasteiger partial charge on any atom is 0.254 e. The van der Waals surface area contributed by atoms with Gasteiger partial charge in [-0.25, -0.2) is 0 Å². The molecule has 1 amide bonds. The predicted octanol–water partition coefficient (Wildman–Crippen LogP) is 2.47. The molecule has 0 aliphatic carbocycles. The third kappa shape index (κ3) is 3.29. The molecule has 0 spiro atoms. The fraction of sp³-hybridized carbons (Fsp3) is 0.467. The summed E-state index contributed by atoms with van der Waals surface area (Å²) in [7, 11) is 0. The lowest BCUT2D eigenvalue weighted by molar-refractivity contribution is 0.0945. The molecule has 0 aliphatic heterocycles. The first-order valence-corrected chi connectivity index (χ1v) is 6.80. The van der Waals surface area contributed by atoms with Gasteiger partial charge in [-0.2, -0.15) is 5.10 Å². The van der Waals surface area contributed by atoms with Gasteiger partial charge in [0.15, 0.2) is 0 Å². The van der Waals surface area contributed by atoms with Crippen molar-refractivity contribution in [3.05, 3.63) is 41.1 Å². The number of amides is 1. The smallest absolute Gasteiger partial charge is 0.254 e. The van der Waals surface area contributed by atoms with Gasteiger partial charge in [-0.05, 0) is 38.8 Å². The zero-order chi connectivity index (χ0) is 14.7. The number of furan rings is 1. The largest absolute Gasteiger partial charge is 0.469 e. The summed E-state index contributed by atoms with van der Waals surface area (Å²) in [5.41, 5.74) is 2.77. The maximum absolute atomic E-state index is 12.0. The van der Waals surface area contributed by atoms with E-state index in [4.69, 9.17) is 4.42 Å². The number of aryl methyl sites for hydroxylation is 3. The van der Waals surface area contributed by atoms with Crippen LogP contribution in [-0.2, 0) is 6.54 Å². The number of aromatic nitrogens is 2. The minimum Gasteiger partial charge on any atom is -0.469 e. The van der Waals surface area contributed by atoms with Gasteiger partial charge in [0.05, 0.1) is 17.5 Å². The number of rotatable bonds is 5. The Labute approximate surface area is 119 Å². The van der Waals surface area contributed by atoms with Crippen molar-refractivity contribution in [2.45, 2.75) is 34.2 Å². The van der Waals surface area contributed by atoms with Crippen LogP contribution >= 0.6 is 0 Å². The first-order valence-electron chi connectivity index (χ1n) is 6.80. The molecule has 0 saturated heterocycles. The lowest BCUT2D eigenvalue weighted by Gasteiger charge is -2.13. The van der Waals surface area contributed by atoms with E-state index in [-0.39, 0.29) is 5.91 Å². The Morgan fingerprint density at radius 1 is 1.45 bits per heavy atom. The van der Waals surface area contributed by atoms with E-state index in [1.165, 1.54) is 6.26 Å². The Balaban J connectivity index is 1.86. The van der Waals surface area contributed by atoms with E-state index in [2.05, 4.69) is 23.4 Å². The molecule has 2 aromatic rings. The van der Waals surface area contributed by atoms with Crippen molar-refractivity contribution >= 4 is 5.91 Å². The van der Waals surface area contributed by atoms with Crippen LogP contribution in [0.4, 0.5) is 0 Å². The Morgan fingerprint density at radius 2 is 2.20 bits per heavy atom. The highest BCUT2D eigenvalue weighted by atomic mass is 16.3. The van der Waals surface area contributed by atoms with Gasteiger partial charge in [-0.1, -0.05) is 6.92 Å². The summed E-state index contributed by atoms with van der Waals surface area (Å²) in [6.07, 6.45) is 1.53. The molecule has 108 valence electrons. The number of carbonyl (C=O) groups is 1. The molecule has 2 aromatic heterocycles. The van der Waals surface area contributed by atoms with Crippen LogP contribution in [0.5, 0.6) is 0 Å². The predicted molar refractivity (Wildman–Crippen MR) is 76.6 cm³/mol. The van der Waals surface area contributed by atoms with Crippen molar-refractivity contribution in [1.29, 1.82) is 0 Å². The van der Waals surface area contributed by atoms with Crippen molar-refractivity contribution in [3.8, 4) is 0 Å². The summed E-state index contributed by atoms with van der Waals surface area (Å²) in [6, 6.07) is 3.75. The van der Waals surface area contributed by atoms with E-state index < -0.39 is 0 Å². The lowest BCUT2D eigenvalue weighted by Crippen LogP contribution is -2.30. The second-order valence-electron chi connectivity index (χ2n) is 5.31. The molecule has 20 heavy (non-hydrogen) atoms. The highest BCUT2D eigenvalue weighted by molar-refractivity contribution is 5.94. The number of nitrogens with one attached hydrogen (secondary N) is 1. The van der Waals surface area contributed by atoms with Crippen LogP contribution in [0.25, 0.3) is 0 Å². The van der Waals surface area contributed by atoms with E-state index >= 15 is 0 Å². The maximum atomic E-state index is 12.0. The van der Waals surface area contributed by atoms with E-state index in [0.717, 1.165) is 17.9 Å². The molecule has 0 fully saturated rings. The Morgan fingerprint density at radius 3 is 2.75 bits per heavy atom. The fourth-order valence-electron chi connectivity index (χ4n) is 2.20. The summed E-state index contributed by atoms with van der Waals surface area (Å²) < 4.78 is 7.11. The zero-order valence-corrected chi connectivity index (χ0v) is 12.4. The first kappa shape index (κ1) is 14.4. The molecule has 2 rings (SSSR count).